The van der Waals surface area contributed by atoms with Crippen molar-refractivity contribution in [3.05, 3.63) is 66.0 Å². The summed E-state index contributed by atoms with van der Waals surface area (Å²) in [7, 11) is 1.60. The van der Waals surface area contributed by atoms with E-state index in [1.807, 2.05) is 30.0 Å². The van der Waals surface area contributed by atoms with Gasteiger partial charge in [-0.2, -0.15) is 0 Å². The Balaban J connectivity index is 1.95. The van der Waals surface area contributed by atoms with Gasteiger partial charge >= 0.3 is 5.97 Å². The smallest absolute Gasteiger partial charge is 0.329 e. The summed E-state index contributed by atoms with van der Waals surface area (Å²) in [5, 5.41) is 0. The van der Waals surface area contributed by atoms with Crippen LogP contribution in [0.5, 0.6) is 5.75 Å². The molecule has 0 aliphatic carbocycles. The molecule has 1 aromatic heterocycles. The second-order valence-electron chi connectivity index (χ2n) is 5.93. The molecule has 5 heteroatoms. The second-order valence-corrected chi connectivity index (χ2v) is 5.93. The van der Waals surface area contributed by atoms with Crippen molar-refractivity contribution in [3.63, 3.8) is 0 Å². The van der Waals surface area contributed by atoms with Gasteiger partial charge < -0.3 is 14.4 Å². The Morgan fingerprint density at radius 3 is 2.80 bits per heavy atom. The molecule has 0 saturated carbocycles. The van der Waals surface area contributed by atoms with E-state index in [1.54, 1.807) is 19.5 Å². The lowest BCUT2D eigenvalue weighted by atomic mass is 9.93. The van der Waals surface area contributed by atoms with Crippen molar-refractivity contribution >= 4 is 11.7 Å². The number of carbonyl (C=O) groups is 1. The summed E-state index contributed by atoms with van der Waals surface area (Å²) < 4.78 is 10.5. The molecule has 130 valence electrons. The quantitative estimate of drug-likeness (QED) is 0.784. The zero-order valence-corrected chi connectivity index (χ0v) is 14.6. The van der Waals surface area contributed by atoms with E-state index in [-0.39, 0.29) is 5.97 Å². The maximum atomic E-state index is 12.5. The molecule has 0 amide bonds. The van der Waals surface area contributed by atoms with E-state index in [0.29, 0.717) is 25.3 Å². The number of hydrogen-bond donors (Lipinski definition) is 0. The van der Waals surface area contributed by atoms with Crippen molar-refractivity contribution in [3.8, 4) is 5.75 Å². The molecule has 0 saturated heterocycles. The van der Waals surface area contributed by atoms with Crippen LogP contribution in [-0.2, 0) is 22.5 Å². The average molecular weight is 338 g/mol. The highest BCUT2D eigenvalue weighted by Crippen LogP contribution is 2.31. The summed E-state index contributed by atoms with van der Waals surface area (Å²) in [6, 6.07) is 9.64. The molecule has 1 aliphatic heterocycles. The Hall–Kier alpha value is -2.82. The first-order valence-electron chi connectivity index (χ1n) is 8.32. The molecule has 25 heavy (non-hydrogen) atoms. The van der Waals surface area contributed by atoms with Crippen molar-refractivity contribution in [2.24, 2.45) is 0 Å². The van der Waals surface area contributed by atoms with Crippen molar-refractivity contribution in [1.29, 1.82) is 0 Å². The van der Waals surface area contributed by atoms with E-state index >= 15 is 0 Å². The Morgan fingerprint density at radius 2 is 2.08 bits per heavy atom. The van der Waals surface area contributed by atoms with Crippen LogP contribution in [0.25, 0.3) is 5.70 Å². The van der Waals surface area contributed by atoms with E-state index in [9.17, 15) is 4.79 Å². The number of methoxy groups -OCH3 is 1. The van der Waals surface area contributed by atoms with Crippen molar-refractivity contribution in [2.75, 3.05) is 13.7 Å². The van der Waals surface area contributed by atoms with E-state index in [2.05, 4.69) is 23.7 Å². The van der Waals surface area contributed by atoms with Gasteiger partial charge in [0, 0.05) is 30.4 Å². The Bertz CT molecular complexity index is 788. The Labute approximate surface area is 147 Å². The summed E-state index contributed by atoms with van der Waals surface area (Å²) in [6.07, 6.45) is 3.98. The second kappa shape index (κ2) is 7.38. The molecular weight excluding hydrogens is 316 g/mol. The van der Waals surface area contributed by atoms with Gasteiger partial charge in [-0.15, -0.1) is 0 Å². The number of nitrogens with zero attached hydrogens (tertiary/aromatic N) is 2. The van der Waals surface area contributed by atoms with Crippen molar-refractivity contribution < 1.29 is 14.3 Å². The fourth-order valence-corrected chi connectivity index (χ4v) is 3.11. The van der Waals surface area contributed by atoms with Gasteiger partial charge in [0.15, 0.2) is 0 Å². The highest BCUT2D eigenvalue weighted by Gasteiger charge is 2.33. The van der Waals surface area contributed by atoms with Gasteiger partial charge in [0.1, 0.15) is 11.8 Å². The van der Waals surface area contributed by atoms with Gasteiger partial charge in [0.2, 0.25) is 0 Å². The Kier molecular flexibility index (Phi) is 5.03. The molecule has 1 aliphatic rings. The SMILES string of the molecule is C=C(c1cncc(OC)c1)N1Cc2ccccc2CC1C(=O)OCC. The fourth-order valence-electron chi connectivity index (χ4n) is 3.11. The van der Waals surface area contributed by atoms with Crippen LogP contribution >= 0.6 is 0 Å². The number of carbonyl (C=O) groups excluding carboxylic acids is 1. The highest BCUT2D eigenvalue weighted by molar-refractivity contribution is 5.80. The number of benzene rings is 1. The number of hydrogen-bond acceptors (Lipinski definition) is 5. The maximum absolute atomic E-state index is 12.5. The lowest BCUT2D eigenvalue weighted by Gasteiger charge is -2.38. The zero-order chi connectivity index (χ0) is 17.8. The summed E-state index contributed by atoms with van der Waals surface area (Å²) in [5.74, 6) is 0.428. The molecule has 5 nitrogen and oxygen atoms in total. The average Bonchev–Trinajstić information content (AvgIpc) is 2.66. The number of rotatable bonds is 5. The third-order valence-corrected chi connectivity index (χ3v) is 4.44. The third-order valence-electron chi connectivity index (χ3n) is 4.44. The highest BCUT2D eigenvalue weighted by atomic mass is 16.5. The molecule has 0 spiro atoms. The summed E-state index contributed by atoms with van der Waals surface area (Å²) in [4.78, 5) is 18.7. The number of aromatic nitrogens is 1. The fraction of sp³-hybridized carbons (Fsp3) is 0.300. The minimum atomic E-state index is -0.395. The molecule has 1 atom stereocenters. The van der Waals surface area contributed by atoms with Gasteiger partial charge in [-0.25, -0.2) is 4.79 Å². The molecule has 1 unspecified atom stereocenters. The van der Waals surface area contributed by atoms with Crippen LogP contribution in [0.4, 0.5) is 0 Å². The molecule has 0 N–H and O–H groups in total. The van der Waals surface area contributed by atoms with Crippen LogP contribution in [0.2, 0.25) is 0 Å². The number of esters is 1. The van der Waals surface area contributed by atoms with E-state index in [0.717, 1.165) is 11.3 Å². The standard InChI is InChI=1S/C20H22N2O3/c1-4-25-20(23)19-10-15-7-5-6-8-16(15)13-22(19)14(2)17-9-18(24-3)12-21-11-17/h5-9,11-12,19H,2,4,10,13H2,1,3H3. The van der Waals surface area contributed by atoms with E-state index < -0.39 is 6.04 Å². The number of fused-ring (bicyclic) bond motifs is 1. The first kappa shape index (κ1) is 17.0. The minimum absolute atomic E-state index is 0.228. The molecule has 0 bridgehead atoms. The topological polar surface area (TPSA) is 51.7 Å². The van der Waals surface area contributed by atoms with Crippen LogP contribution in [0, 0.1) is 0 Å². The van der Waals surface area contributed by atoms with Gasteiger partial charge in [0.25, 0.3) is 0 Å². The number of ether oxygens (including phenoxy) is 2. The minimum Gasteiger partial charge on any atom is -0.495 e. The van der Waals surface area contributed by atoms with Crippen molar-refractivity contribution in [2.45, 2.75) is 25.9 Å². The number of pyridine rings is 1. The van der Waals surface area contributed by atoms with E-state index in [1.165, 1.54) is 11.1 Å². The van der Waals surface area contributed by atoms with Gasteiger partial charge in [-0.1, -0.05) is 30.8 Å². The molecule has 0 fully saturated rings. The predicted octanol–water partition coefficient (Wildman–Crippen LogP) is 3.05. The summed E-state index contributed by atoms with van der Waals surface area (Å²) >= 11 is 0. The van der Waals surface area contributed by atoms with Gasteiger partial charge in [-0.05, 0) is 24.1 Å². The first-order valence-corrected chi connectivity index (χ1v) is 8.32. The molecule has 1 aromatic carbocycles. The molecular formula is C20H22N2O3. The first-order chi connectivity index (χ1) is 12.1. The molecule has 2 heterocycles. The largest absolute Gasteiger partial charge is 0.495 e. The maximum Gasteiger partial charge on any atom is 0.329 e. The summed E-state index contributed by atoms with van der Waals surface area (Å²) in [6.45, 7) is 7.00. The molecule has 2 aromatic rings. The normalized spacial score (nSPS) is 16.1. The monoisotopic (exact) mass is 338 g/mol. The van der Waals surface area contributed by atoms with Gasteiger partial charge in [0.05, 0.1) is 19.9 Å². The Morgan fingerprint density at radius 1 is 1.32 bits per heavy atom. The van der Waals surface area contributed by atoms with Crippen LogP contribution in [-0.4, -0.2) is 35.6 Å². The zero-order valence-electron chi connectivity index (χ0n) is 14.6. The van der Waals surface area contributed by atoms with Gasteiger partial charge in [-0.3, -0.25) is 4.98 Å². The lowest BCUT2D eigenvalue weighted by molar-refractivity contribution is -0.148. The molecule has 0 radical (unpaired) electrons. The van der Waals surface area contributed by atoms with Crippen molar-refractivity contribution in [1.82, 2.24) is 9.88 Å². The van der Waals surface area contributed by atoms with Crippen LogP contribution in [0.15, 0.2) is 49.3 Å². The third kappa shape index (κ3) is 3.50. The summed E-state index contributed by atoms with van der Waals surface area (Å²) in [5.41, 5.74) is 3.93. The lowest BCUT2D eigenvalue weighted by Crippen LogP contribution is -2.45. The van der Waals surface area contributed by atoms with E-state index in [4.69, 9.17) is 9.47 Å². The van der Waals surface area contributed by atoms with Crippen LogP contribution < -0.4 is 4.74 Å². The van der Waals surface area contributed by atoms with Crippen LogP contribution in [0.1, 0.15) is 23.6 Å². The molecule has 3 rings (SSSR count). The predicted molar refractivity (Wildman–Crippen MR) is 95.9 cm³/mol. The van der Waals surface area contributed by atoms with Crippen LogP contribution in [0.3, 0.4) is 0 Å².